The van der Waals surface area contributed by atoms with Crippen LogP contribution in [0.2, 0.25) is 0 Å². The van der Waals surface area contributed by atoms with E-state index in [1.807, 2.05) is 48.5 Å². The van der Waals surface area contributed by atoms with E-state index in [0.29, 0.717) is 12.1 Å². The van der Waals surface area contributed by atoms with Gasteiger partial charge in [-0.2, -0.15) is 0 Å². The molecule has 1 heterocycles. The number of hydrazine groups is 1. The molecule has 1 amide bonds. The number of carbonyl (C=O) groups is 2. The fourth-order valence-electron chi connectivity index (χ4n) is 2.59. The van der Waals surface area contributed by atoms with Gasteiger partial charge in [0.2, 0.25) is 5.84 Å². The topological polar surface area (TPSA) is 71.0 Å². The Labute approximate surface area is 146 Å². The maximum absolute atomic E-state index is 12.9. The van der Waals surface area contributed by atoms with Crippen molar-refractivity contribution in [1.82, 2.24) is 5.43 Å². The van der Waals surface area contributed by atoms with Gasteiger partial charge in [0.1, 0.15) is 6.04 Å². The number of ether oxygens (including phenoxy) is 1. The molecule has 0 aliphatic carbocycles. The van der Waals surface area contributed by atoms with E-state index in [2.05, 4.69) is 10.4 Å². The molecule has 0 saturated heterocycles. The number of carbonyl (C=O) groups excluding carboxylic acids is 2. The molecule has 3 rings (SSSR count). The second kappa shape index (κ2) is 7.61. The highest BCUT2D eigenvalue weighted by Crippen LogP contribution is 2.18. The molecule has 2 aromatic rings. The van der Waals surface area contributed by atoms with Crippen molar-refractivity contribution in [2.24, 2.45) is 4.99 Å². The van der Waals surface area contributed by atoms with Crippen molar-refractivity contribution >= 4 is 23.4 Å². The van der Waals surface area contributed by atoms with Gasteiger partial charge in [-0.05, 0) is 24.6 Å². The minimum absolute atomic E-state index is 0.0336. The monoisotopic (exact) mass is 337 g/mol. The zero-order chi connectivity index (χ0) is 17.6. The van der Waals surface area contributed by atoms with Gasteiger partial charge in [-0.15, -0.1) is 0 Å². The van der Waals surface area contributed by atoms with Crippen LogP contribution in [0, 0.1) is 0 Å². The molecule has 1 atom stereocenters. The van der Waals surface area contributed by atoms with Crippen LogP contribution in [-0.2, 0) is 20.7 Å². The van der Waals surface area contributed by atoms with Crippen molar-refractivity contribution in [3.05, 3.63) is 66.2 Å². The van der Waals surface area contributed by atoms with E-state index >= 15 is 0 Å². The predicted octanol–water partition coefficient (Wildman–Crippen LogP) is 2.11. The van der Waals surface area contributed by atoms with Crippen molar-refractivity contribution in [3.8, 4) is 0 Å². The zero-order valence-corrected chi connectivity index (χ0v) is 13.9. The molecule has 1 unspecified atom stereocenters. The highest BCUT2D eigenvalue weighted by molar-refractivity contribution is 6.37. The molecule has 1 aliphatic heterocycles. The number of nitrogens with one attached hydrogen (secondary N) is 1. The van der Waals surface area contributed by atoms with E-state index in [9.17, 15) is 9.59 Å². The summed E-state index contributed by atoms with van der Waals surface area (Å²) < 4.78 is 5.03. The Morgan fingerprint density at radius 3 is 2.40 bits per heavy atom. The molecule has 0 spiro atoms. The molecule has 6 nitrogen and oxygen atoms in total. The first-order valence-corrected chi connectivity index (χ1v) is 8.13. The second-order valence-corrected chi connectivity index (χ2v) is 5.52. The van der Waals surface area contributed by atoms with Crippen LogP contribution in [0.5, 0.6) is 0 Å². The first kappa shape index (κ1) is 16.7. The lowest BCUT2D eigenvalue weighted by molar-refractivity contribution is -0.135. The lowest BCUT2D eigenvalue weighted by Crippen LogP contribution is -2.57. The van der Waals surface area contributed by atoms with Crippen molar-refractivity contribution < 1.29 is 14.3 Å². The number of hydrogen-bond acceptors (Lipinski definition) is 5. The number of rotatable bonds is 5. The number of para-hydroxylation sites is 1. The van der Waals surface area contributed by atoms with Gasteiger partial charge in [0.15, 0.2) is 0 Å². The fourth-order valence-corrected chi connectivity index (χ4v) is 2.59. The molecule has 128 valence electrons. The molecule has 0 radical (unpaired) electrons. The van der Waals surface area contributed by atoms with E-state index in [-0.39, 0.29) is 18.3 Å². The quantitative estimate of drug-likeness (QED) is 0.848. The zero-order valence-electron chi connectivity index (χ0n) is 13.9. The largest absolute Gasteiger partial charge is 0.460 e. The molecule has 25 heavy (non-hydrogen) atoms. The maximum atomic E-state index is 12.9. The van der Waals surface area contributed by atoms with Gasteiger partial charge in [0.25, 0.3) is 5.91 Å². The van der Waals surface area contributed by atoms with Crippen molar-refractivity contribution in [3.63, 3.8) is 0 Å². The standard InChI is InChI=1S/C19H19N3O3/c1-2-25-19(24)17-20-16(13-14-9-5-3-6-10-14)18(23)22(21-17)15-11-7-4-8-12-15/h3-12,16H,2,13H2,1H3,(H,20,21). The Kier molecular flexibility index (Phi) is 5.09. The molecule has 2 aromatic carbocycles. The summed E-state index contributed by atoms with van der Waals surface area (Å²) in [4.78, 5) is 29.3. The molecule has 0 saturated carbocycles. The van der Waals surface area contributed by atoms with Crippen LogP contribution in [-0.4, -0.2) is 30.4 Å². The van der Waals surface area contributed by atoms with E-state index in [1.165, 1.54) is 5.01 Å². The van der Waals surface area contributed by atoms with Crippen LogP contribution in [0.1, 0.15) is 12.5 Å². The van der Waals surface area contributed by atoms with Crippen LogP contribution in [0.25, 0.3) is 0 Å². The second-order valence-electron chi connectivity index (χ2n) is 5.52. The molecular formula is C19H19N3O3. The Bertz CT molecular complexity index is 775. The summed E-state index contributed by atoms with van der Waals surface area (Å²) in [6.45, 7) is 1.96. The number of anilines is 1. The average Bonchev–Trinajstić information content (AvgIpc) is 2.65. The third-order valence-electron chi connectivity index (χ3n) is 3.76. The summed E-state index contributed by atoms with van der Waals surface area (Å²) in [6, 6.07) is 18.0. The molecule has 0 aromatic heterocycles. The van der Waals surface area contributed by atoms with Crippen LogP contribution >= 0.6 is 0 Å². The first-order valence-electron chi connectivity index (χ1n) is 8.13. The van der Waals surface area contributed by atoms with Gasteiger partial charge in [0.05, 0.1) is 12.3 Å². The van der Waals surface area contributed by atoms with Gasteiger partial charge in [-0.25, -0.2) is 14.8 Å². The average molecular weight is 337 g/mol. The minimum atomic E-state index is -0.691. The number of amides is 1. The van der Waals surface area contributed by atoms with E-state index in [1.54, 1.807) is 19.1 Å². The van der Waals surface area contributed by atoms with Crippen LogP contribution in [0.15, 0.2) is 65.7 Å². The fraction of sp³-hybridized carbons (Fsp3) is 0.211. The molecule has 1 aliphatic rings. The first-order chi connectivity index (χ1) is 12.2. The lowest BCUT2D eigenvalue weighted by atomic mass is 10.0. The highest BCUT2D eigenvalue weighted by Gasteiger charge is 2.33. The van der Waals surface area contributed by atoms with E-state index in [4.69, 9.17) is 4.74 Å². The summed E-state index contributed by atoms with van der Waals surface area (Å²) >= 11 is 0. The summed E-state index contributed by atoms with van der Waals surface area (Å²) in [5.74, 6) is -0.761. The summed E-state index contributed by atoms with van der Waals surface area (Å²) in [7, 11) is 0. The third-order valence-corrected chi connectivity index (χ3v) is 3.76. The Hall–Kier alpha value is -3.15. The van der Waals surface area contributed by atoms with E-state index in [0.717, 1.165) is 5.56 Å². The Morgan fingerprint density at radius 1 is 1.12 bits per heavy atom. The van der Waals surface area contributed by atoms with Crippen molar-refractivity contribution in [2.75, 3.05) is 11.6 Å². The minimum Gasteiger partial charge on any atom is -0.460 e. The number of benzene rings is 2. The highest BCUT2D eigenvalue weighted by atomic mass is 16.5. The number of amidine groups is 1. The Balaban J connectivity index is 1.92. The molecule has 6 heteroatoms. The summed E-state index contributed by atoms with van der Waals surface area (Å²) in [5.41, 5.74) is 4.39. The lowest BCUT2D eigenvalue weighted by Gasteiger charge is -2.31. The Morgan fingerprint density at radius 2 is 1.76 bits per heavy atom. The van der Waals surface area contributed by atoms with Gasteiger partial charge < -0.3 is 4.74 Å². The van der Waals surface area contributed by atoms with E-state index < -0.39 is 12.0 Å². The SMILES string of the molecule is CCOC(=O)C1=NC(Cc2ccccc2)C(=O)N(c2ccccc2)N1. The molecule has 0 fully saturated rings. The molecule has 1 N–H and O–H groups in total. The summed E-state index contributed by atoms with van der Waals surface area (Å²) in [5, 5.41) is 1.35. The number of nitrogens with zero attached hydrogens (tertiary/aromatic N) is 2. The third kappa shape index (κ3) is 3.85. The smallest absolute Gasteiger partial charge is 0.375 e. The van der Waals surface area contributed by atoms with Crippen LogP contribution in [0.4, 0.5) is 5.69 Å². The number of esters is 1. The van der Waals surface area contributed by atoms with Crippen LogP contribution in [0.3, 0.4) is 0 Å². The van der Waals surface area contributed by atoms with Gasteiger partial charge in [0, 0.05) is 6.42 Å². The van der Waals surface area contributed by atoms with Crippen LogP contribution < -0.4 is 10.4 Å². The van der Waals surface area contributed by atoms with Gasteiger partial charge in [-0.1, -0.05) is 48.5 Å². The number of hydrogen-bond donors (Lipinski definition) is 1. The predicted molar refractivity (Wildman–Crippen MR) is 95.1 cm³/mol. The van der Waals surface area contributed by atoms with Crippen molar-refractivity contribution in [2.45, 2.75) is 19.4 Å². The molecular weight excluding hydrogens is 318 g/mol. The van der Waals surface area contributed by atoms with Crippen molar-refractivity contribution in [1.29, 1.82) is 0 Å². The molecule has 0 bridgehead atoms. The normalized spacial score (nSPS) is 16.8. The van der Waals surface area contributed by atoms with Gasteiger partial charge in [-0.3, -0.25) is 10.2 Å². The maximum Gasteiger partial charge on any atom is 0.375 e. The summed E-state index contributed by atoms with van der Waals surface area (Å²) in [6.07, 6.45) is 0.410. The number of aliphatic imine (C=N–C) groups is 1. The van der Waals surface area contributed by atoms with Gasteiger partial charge >= 0.3 is 5.97 Å².